The van der Waals surface area contributed by atoms with Crippen LogP contribution in [0.25, 0.3) is 0 Å². The molecule has 1 saturated carbocycles. The maximum absolute atomic E-state index is 11.7. The van der Waals surface area contributed by atoms with E-state index >= 15 is 0 Å². The molecule has 0 saturated heterocycles. The van der Waals surface area contributed by atoms with Gasteiger partial charge in [0.25, 0.3) is 0 Å². The summed E-state index contributed by atoms with van der Waals surface area (Å²) in [7, 11) is 0. The lowest BCUT2D eigenvalue weighted by Gasteiger charge is -2.29. The van der Waals surface area contributed by atoms with Gasteiger partial charge < -0.3 is 15.4 Å². The number of carbonyl (C=O) groups excluding carboxylic acids is 1. The van der Waals surface area contributed by atoms with Gasteiger partial charge in [-0.2, -0.15) is 0 Å². The summed E-state index contributed by atoms with van der Waals surface area (Å²) in [6.45, 7) is 9.84. The second kappa shape index (κ2) is 9.35. The first-order chi connectivity index (χ1) is 11.9. The summed E-state index contributed by atoms with van der Waals surface area (Å²) in [5, 5.41) is 6.73. The number of rotatable bonds is 7. The van der Waals surface area contributed by atoms with E-state index in [9.17, 15) is 4.79 Å². The number of hydrogen-bond acceptors (Lipinski definition) is 4. The molecular weight excluding hydrogens is 312 g/mol. The molecule has 140 valence electrons. The van der Waals surface area contributed by atoms with Crippen LogP contribution in [0, 0.1) is 0 Å². The van der Waals surface area contributed by atoms with Crippen molar-refractivity contribution in [2.24, 2.45) is 0 Å². The zero-order valence-electron chi connectivity index (χ0n) is 16.2. The van der Waals surface area contributed by atoms with Gasteiger partial charge in [0.2, 0.25) is 0 Å². The largest absolute Gasteiger partial charge is 0.459 e. The molecule has 4 nitrogen and oxygen atoms in total. The second-order valence-electron chi connectivity index (χ2n) is 8.04. The van der Waals surface area contributed by atoms with E-state index in [1.54, 1.807) is 0 Å². The Morgan fingerprint density at radius 2 is 1.76 bits per heavy atom. The minimum atomic E-state index is -0.425. The van der Waals surface area contributed by atoms with Crippen LogP contribution in [0.3, 0.4) is 0 Å². The summed E-state index contributed by atoms with van der Waals surface area (Å²) in [5.74, 6) is 0.486. The minimum absolute atomic E-state index is 0.207. The van der Waals surface area contributed by atoms with Crippen LogP contribution < -0.4 is 10.6 Å². The Bertz CT molecular complexity index is 526. The molecule has 0 aromatic heterocycles. The van der Waals surface area contributed by atoms with E-state index in [2.05, 4.69) is 41.8 Å². The molecule has 2 rings (SSSR count). The number of esters is 1. The molecule has 0 amide bonds. The number of benzene rings is 1. The maximum atomic E-state index is 11.7. The van der Waals surface area contributed by atoms with Gasteiger partial charge in [-0.05, 0) is 70.0 Å². The van der Waals surface area contributed by atoms with Crippen molar-refractivity contribution in [3.05, 3.63) is 35.4 Å². The molecule has 0 radical (unpaired) electrons. The van der Waals surface area contributed by atoms with E-state index < -0.39 is 5.60 Å². The van der Waals surface area contributed by atoms with Crippen LogP contribution in [-0.4, -0.2) is 30.7 Å². The van der Waals surface area contributed by atoms with E-state index in [1.165, 1.54) is 36.8 Å². The van der Waals surface area contributed by atoms with E-state index in [0.29, 0.717) is 18.5 Å². The highest BCUT2D eigenvalue weighted by molar-refractivity contribution is 5.72. The predicted octanol–water partition coefficient (Wildman–Crippen LogP) is 3.75. The molecule has 1 aliphatic rings. The van der Waals surface area contributed by atoms with E-state index in [1.807, 2.05) is 20.8 Å². The highest BCUT2D eigenvalue weighted by Gasteiger charge is 2.21. The van der Waals surface area contributed by atoms with Crippen molar-refractivity contribution in [3.8, 4) is 0 Å². The van der Waals surface area contributed by atoms with Gasteiger partial charge in [0.15, 0.2) is 0 Å². The fourth-order valence-electron chi connectivity index (χ4n) is 3.51. The predicted molar refractivity (Wildman–Crippen MR) is 103 cm³/mol. The fraction of sp³-hybridized carbons (Fsp3) is 0.667. The molecular formula is C21H34N2O2. The summed E-state index contributed by atoms with van der Waals surface area (Å²) >= 11 is 0. The fourth-order valence-corrected chi connectivity index (χ4v) is 3.51. The van der Waals surface area contributed by atoms with E-state index in [-0.39, 0.29) is 12.5 Å². The Morgan fingerprint density at radius 3 is 2.32 bits per heavy atom. The van der Waals surface area contributed by atoms with Crippen molar-refractivity contribution in [1.29, 1.82) is 0 Å². The summed E-state index contributed by atoms with van der Waals surface area (Å²) < 4.78 is 5.29. The van der Waals surface area contributed by atoms with Crippen LogP contribution in [0.4, 0.5) is 0 Å². The third-order valence-electron chi connectivity index (χ3n) is 4.69. The van der Waals surface area contributed by atoms with Crippen LogP contribution in [0.5, 0.6) is 0 Å². The van der Waals surface area contributed by atoms with Crippen molar-refractivity contribution in [3.63, 3.8) is 0 Å². The highest BCUT2D eigenvalue weighted by Crippen LogP contribution is 2.32. The van der Waals surface area contributed by atoms with Gasteiger partial charge in [0.05, 0.1) is 6.54 Å². The average Bonchev–Trinajstić information content (AvgIpc) is 2.55. The molecule has 1 aromatic rings. The topological polar surface area (TPSA) is 50.4 Å². The van der Waals surface area contributed by atoms with Gasteiger partial charge >= 0.3 is 5.97 Å². The molecule has 2 N–H and O–H groups in total. The second-order valence-corrected chi connectivity index (χ2v) is 8.04. The SMILES string of the molecule is CCNC1CCC(c2ccc(CNCC(=O)OC(C)(C)C)cc2)CC1. The zero-order valence-corrected chi connectivity index (χ0v) is 16.2. The van der Waals surface area contributed by atoms with Gasteiger partial charge in [-0.15, -0.1) is 0 Å². The van der Waals surface area contributed by atoms with Crippen LogP contribution in [0.1, 0.15) is 70.4 Å². The van der Waals surface area contributed by atoms with Gasteiger partial charge in [-0.25, -0.2) is 0 Å². The molecule has 0 unspecified atom stereocenters. The molecule has 0 heterocycles. The van der Waals surface area contributed by atoms with Gasteiger partial charge in [0, 0.05) is 12.6 Å². The van der Waals surface area contributed by atoms with Crippen molar-refractivity contribution in [1.82, 2.24) is 10.6 Å². The molecule has 0 bridgehead atoms. The van der Waals surface area contributed by atoms with Crippen molar-refractivity contribution >= 4 is 5.97 Å². The molecule has 4 heteroatoms. The monoisotopic (exact) mass is 346 g/mol. The molecule has 0 spiro atoms. The molecule has 0 atom stereocenters. The Hall–Kier alpha value is -1.39. The first-order valence-corrected chi connectivity index (χ1v) is 9.62. The van der Waals surface area contributed by atoms with Gasteiger partial charge in [-0.3, -0.25) is 4.79 Å². The first-order valence-electron chi connectivity index (χ1n) is 9.62. The lowest BCUT2D eigenvalue weighted by atomic mass is 9.81. The van der Waals surface area contributed by atoms with Crippen molar-refractivity contribution in [2.75, 3.05) is 13.1 Å². The Balaban J connectivity index is 1.74. The van der Waals surface area contributed by atoms with E-state index in [0.717, 1.165) is 6.54 Å². The smallest absolute Gasteiger partial charge is 0.320 e. The standard InChI is InChI=1S/C21H34N2O2/c1-5-23-19-12-10-18(11-13-19)17-8-6-16(7-9-17)14-22-15-20(24)25-21(2,3)4/h6-9,18-19,22-23H,5,10-15H2,1-4H3. The lowest BCUT2D eigenvalue weighted by molar-refractivity contribution is -0.153. The van der Waals surface area contributed by atoms with E-state index in [4.69, 9.17) is 4.74 Å². The quantitative estimate of drug-likeness (QED) is 0.738. The van der Waals surface area contributed by atoms with Crippen LogP contribution in [0.15, 0.2) is 24.3 Å². The minimum Gasteiger partial charge on any atom is -0.459 e. The van der Waals surface area contributed by atoms with Crippen LogP contribution in [0.2, 0.25) is 0 Å². The molecule has 0 aliphatic heterocycles. The lowest BCUT2D eigenvalue weighted by Crippen LogP contribution is -2.32. The van der Waals surface area contributed by atoms with Crippen molar-refractivity contribution < 1.29 is 9.53 Å². The molecule has 1 aromatic carbocycles. The zero-order chi connectivity index (χ0) is 18.3. The molecule has 1 aliphatic carbocycles. The number of hydrogen-bond donors (Lipinski definition) is 2. The average molecular weight is 347 g/mol. The van der Waals surface area contributed by atoms with Crippen LogP contribution >= 0.6 is 0 Å². The third kappa shape index (κ3) is 7.17. The Morgan fingerprint density at radius 1 is 1.12 bits per heavy atom. The Labute approximate surface area is 152 Å². The van der Waals surface area contributed by atoms with Crippen LogP contribution in [-0.2, 0) is 16.1 Å². The summed E-state index contributed by atoms with van der Waals surface area (Å²) in [4.78, 5) is 11.7. The third-order valence-corrected chi connectivity index (χ3v) is 4.69. The van der Waals surface area contributed by atoms with Gasteiger partial charge in [0.1, 0.15) is 5.60 Å². The maximum Gasteiger partial charge on any atom is 0.320 e. The summed E-state index contributed by atoms with van der Waals surface area (Å²) in [6, 6.07) is 9.56. The molecule has 1 fully saturated rings. The highest BCUT2D eigenvalue weighted by atomic mass is 16.6. The van der Waals surface area contributed by atoms with Crippen molar-refractivity contribution in [2.45, 2.75) is 77.5 Å². The van der Waals surface area contributed by atoms with Gasteiger partial charge in [-0.1, -0.05) is 31.2 Å². The molecule has 25 heavy (non-hydrogen) atoms. The number of ether oxygens (including phenoxy) is 1. The number of carbonyl (C=O) groups is 1. The summed E-state index contributed by atoms with van der Waals surface area (Å²) in [6.07, 6.45) is 5.09. The first kappa shape index (κ1) is 19.9. The number of nitrogens with one attached hydrogen (secondary N) is 2. The normalized spacial score (nSPS) is 21.1. The Kier molecular flexibility index (Phi) is 7.45. The summed E-state index contributed by atoms with van der Waals surface area (Å²) in [5.41, 5.74) is 2.23.